The van der Waals surface area contributed by atoms with Gasteiger partial charge in [0.1, 0.15) is 17.8 Å². The van der Waals surface area contributed by atoms with E-state index >= 15 is 0 Å². The van der Waals surface area contributed by atoms with Crippen LogP contribution in [0.3, 0.4) is 0 Å². The summed E-state index contributed by atoms with van der Waals surface area (Å²) < 4.78 is 5.38. The molecule has 4 rings (SSSR count). The molecule has 3 aromatic heterocycles. The maximum atomic E-state index is 6.37. The molecule has 0 atom stereocenters. The minimum atomic E-state index is 0.409. The Hall–Kier alpha value is -3.06. The summed E-state index contributed by atoms with van der Waals surface area (Å²) >= 11 is 6.37. The van der Waals surface area contributed by atoms with Crippen molar-refractivity contribution < 1.29 is 4.42 Å². The maximum absolute atomic E-state index is 6.37. The van der Waals surface area contributed by atoms with Gasteiger partial charge in [0.25, 0.3) is 0 Å². The Balaban J connectivity index is 1.74. The van der Waals surface area contributed by atoms with Gasteiger partial charge in [-0.3, -0.25) is 0 Å². The molecule has 7 nitrogen and oxygen atoms in total. The van der Waals surface area contributed by atoms with E-state index in [1.165, 1.54) is 6.33 Å². The molecule has 1 N–H and O–H groups in total. The maximum Gasteiger partial charge on any atom is 0.223 e. The quantitative estimate of drug-likeness (QED) is 0.621. The summed E-state index contributed by atoms with van der Waals surface area (Å²) in [6.07, 6.45) is 3.07. The Labute approximate surface area is 135 Å². The first-order valence-corrected chi connectivity index (χ1v) is 7.09. The topological polar surface area (TPSA) is 93.4 Å². The zero-order chi connectivity index (χ0) is 15.6. The summed E-state index contributed by atoms with van der Waals surface area (Å²) in [7, 11) is 0. The van der Waals surface area contributed by atoms with E-state index in [1.807, 2.05) is 30.3 Å². The molecule has 0 saturated heterocycles. The van der Waals surface area contributed by atoms with Crippen LogP contribution in [0.5, 0.6) is 0 Å². The Bertz CT molecular complexity index is 937. The van der Waals surface area contributed by atoms with Crippen LogP contribution in [0.15, 0.2) is 53.4 Å². The summed E-state index contributed by atoms with van der Waals surface area (Å²) in [5.41, 5.74) is 2.98. The molecule has 0 aliphatic rings. The van der Waals surface area contributed by atoms with Gasteiger partial charge in [0.2, 0.25) is 5.82 Å². The first-order chi connectivity index (χ1) is 11.3. The molecule has 0 amide bonds. The molecule has 1 aromatic carbocycles. The molecule has 23 heavy (non-hydrogen) atoms. The van der Waals surface area contributed by atoms with Crippen molar-refractivity contribution in [3.63, 3.8) is 0 Å². The van der Waals surface area contributed by atoms with Gasteiger partial charge in [-0.25, -0.2) is 9.97 Å². The molecule has 0 bridgehead atoms. The number of benzene rings is 1. The van der Waals surface area contributed by atoms with Gasteiger partial charge >= 0.3 is 0 Å². The molecule has 0 unspecified atom stereocenters. The fourth-order valence-corrected chi connectivity index (χ4v) is 2.49. The number of tetrazole rings is 1. The van der Waals surface area contributed by atoms with E-state index in [0.29, 0.717) is 22.2 Å². The standard InChI is InChI=1S/C15H9ClN6O/c16-11-6-9(3-4-10(11)14-2-1-5-23-14)12-7-13(18-8-17-12)15-19-21-22-20-15/h1-8H,(H,19,20,21,22). The lowest BCUT2D eigenvalue weighted by molar-refractivity contribution is 0.582. The molecule has 3 heterocycles. The van der Waals surface area contributed by atoms with Crippen molar-refractivity contribution in [3.8, 4) is 34.1 Å². The number of nitrogens with zero attached hydrogens (tertiary/aromatic N) is 5. The lowest BCUT2D eigenvalue weighted by atomic mass is 10.1. The molecule has 0 aliphatic carbocycles. The van der Waals surface area contributed by atoms with Gasteiger partial charge in [0.05, 0.1) is 17.0 Å². The highest BCUT2D eigenvalue weighted by Crippen LogP contribution is 2.32. The lowest BCUT2D eigenvalue weighted by Crippen LogP contribution is -1.91. The first kappa shape index (κ1) is 13.6. The third kappa shape index (κ3) is 2.58. The van der Waals surface area contributed by atoms with Crippen molar-refractivity contribution in [2.75, 3.05) is 0 Å². The lowest BCUT2D eigenvalue weighted by Gasteiger charge is -2.05. The van der Waals surface area contributed by atoms with Gasteiger partial charge in [0.15, 0.2) is 0 Å². The van der Waals surface area contributed by atoms with Crippen LogP contribution in [0.2, 0.25) is 5.02 Å². The van der Waals surface area contributed by atoms with Crippen molar-refractivity contribution in [2.24, 2.45) is 0 Å². The number of aromatic nitrogens is 6. The third-order valence-corrected chi connectivity index (χ3v) is 3.61. The average Bonchev–Trinajstić information content (AvgIpc) is 3.28. The highest BCUT2D eigenvalue weighted by atomic mass is 35.5. The van der Waals surface area contributed by atoms with E-state index in [4.69, 9.17) is 16.0 Å². The normalized spacial score (nSPS) is 10.8. The van der Waals surface area contributed by atoms with Gasteiger partial charge in [-0.05, 0) is 35.5 Å². The van der Waals surface area contributed by atoms with Crippen LogP contribution in [-0.2, 0) is 0 Å². The number of aromatic amines is 1. The van der Waals surface area contributed by atoms with Crippen molar-refractivity contribution in [1.82, 2.24) is 30.6 Å². The van der Waals surface area contributed by atoms with Gasteiger partial charge in [0, 0.05) is 11.1 Å². The van der Waals surface area contributed by atoms with Crippen LogP contribution in [0, 0.1) is 0 Å². The van der Waals surface area contributed by atoms with Gasteiger partial charge in [-0.1, -0.05) is 17.7 Å². The highest BCUT2D eigenvalue weighted by Gasteiger charge is 2.11. The van der Waals surface area contributed by atoms with E-state index in [-0.39, 0.29) is 0 Å². The van der Waals surface area contributed by atoms with Crippen LogP contribution in [-0.4, -0.2) is 30.6 Å². The van der Waals surface area contributed by atoms with E-state index in [1.54, 1.807) is 12.3 Å². The van der Waals surface area contributed by atoms with E-state index in [0.717, 1.165) is 16.9 Å². The SMILES string of the molecule is Clc1cc(-c2cc(-c3nn[nH]n3)ncn2)ccc1-c1ccco1. The van der Waals surface area contributed by atoms with Crippen molar-refractivity contribution in [2.45, 2.75) is 0 Å². The Morgan fingerprint density at radius 3 is 2.70 bits per heavy atom. The molecule has 0 spiro atoms. The molecule has 0 fully saturated rings. The smallest absolute Gasteiger partial charge is 0.223 e. The minimum Gasteiger partial charge on any atom is -0.464 e. The second-order valence-corrected chi connectivity index (χ2v) is 5.10. The van der Waals surface area contributed by atoms with Crippen LogP contribution in [0.1, 0.15) is 0 Å². The summed E-state index contributed by atoms with van der Waals surface area (Å²) in [6, 6.07) is 11.1. The number of hydrogen-bond acceptors (Lipinski definition) is 6. The minimum absolute atomic E-state index is 0.409. The zero-order valence-corrected chi connectivity index (χ0v) is 12.4. The summed E-state index contributed by atoms with van der Waals surface area (Å²) in [4.78, 5) is 8.42. The molecular weight excluding hydrogens is 316 g/mol. The number of rotatable bonds is 3. The van der Waals surface area contributed by atoms with Crippen LogP contribution < -0.4 is 0 Å². The van der Waals surface area contributed by atoms with Gasteiger partial charge in [-0.2, -0.15) is 5.21 Å². The third-order valence-electron chi connectivity index (χ3n) is 3.29. The Kier molecular flexibility index (Phi) is 3.32. The monoisotopic (exact) mass is 324 g/mol. The van der Waals surface area contributed by atoms with E-state index in [2.05, 4.69) is 30.6 Å². The van der Waals surface area contributed by atoms with Gasteiger partial charge < -0.3 is 4.42 Å². The molecule has 0 radical (unpaired) electrons. The van der Waals surface area contributed by atoms with Crippen molar-refractivity contribution in [1.29, 1.82) is 0 Å². The highest BCUT2D eigenvalue weighted by molar-refractivity contribution is 6.33. The molecular formula is C15H9ClN6O. The zero-order valence-electron chi connectivity index (χ0n) is 11.6. The predicted molar refractivity (Wildman–Crippen MR) is 83.4 cm³/mol. The first-order valence-electron chi connectivity index (χ1n) is 6.71. The number of nitrogens with one attached hydrogen (secondary N) is 1. The number of halogens is 1. The second-order valence-electron chi connectivity index (χ2n) is 4.70. The largest absolute Gasteiger partial charge is 0.464 e. The fraction of sp³-hybridized carbons (Fsp3) is 0. The Morgan fingerprint density at radius 2 is 1.96 bits per heavy atom. The predicted octanol–water partition coefficient (Wildman–Crippen LogP) is 3.24. The van der Waals surface area contributed by atoms with Crippen molar-refractivity contribution >= 4 is 11.6 Å². The molecule has 4 aromatic rings. The summed E-state index contributed by atoms with van der Waals surface area (Å²) in [5.74, 6) is 1.13. The summed E-state index contributed by atoms with van der Waals surface area (Å²) in [5, 5.41) is 14.3. The molecule has 8 heteroatoms. The Morgan fingerprint density at radius 1 is 1.04 bits per heavy atom. The second kappa shape index (κ2) is 5.62. The number of H-pyrrole nitrogens is 1. The average molecular weight is 325 g/mol. The molecule has 112 valence electrons. The van der Waals surface area contributed by atoms with Crippen LogP contribution in [0.4, 0.5) is 0 Å². The molecule has 0 aliphatic heterocycles. The van der Waals surface area contributed by atoms with Crippen LogP contribution in [0.25, 0.3) is 34.1 Å². The number of furan rings is 1. The van der Waals surface area contributed by atoms with Crippen LogP contribution >= 0.6 is 11.6 Å². The number of hydrogen-bond donors (Lipinski definition) is 1. The molecule has 0 saturated carbocycles. The van der Waals surface area contributed by atoms with Crippen molar-refractivity contribution in [3.05, 3.63) is 54.0 Å². The van der Waals surface area contributed by atoms with E-state index in [9.17, 15) is 0 Å². The van der Waals surface area contributed by atoms with Gasteiger partial charge in [-0.15, -0.1) is 10.2 Å². The van der Waals surface area contributed by atoms with E-state index < -0.39 is 0 Å². The fourth-order valence-electron chi connectivity index (χ4n) is 2.21. The summed E-state index contributed by atoms with van der Waals surface area (Å²) in [6.45, 7) is 0.